The number of allylic oxidation sites excluding steroid dienone is 2. The highest BCUT2D eigenvalue weighted by atomic mass is 19.4. The predicted octanol–water partition coefficient (Wildman–Crippen LogP) is 6.92. The van der Waals surface area contributed by atoms with Crippen LogP contribution in [-0.2, 0) is 17.4 Å². The Labute approximate surface area is 201 Å². The second-order valence-corrected chi connectivity index (χ2v) is 8.39. The Morgan fingerprint density at radius 2 is 1.92 bits per heavy atom. The lowest BCUT2D eigenvalue weighted by molar-refractivity contribution is -0.191. The number of hydrogen-bond donors (Lipinski definition) is 0. The van der Waals surface area contributed by atoms with E-state index in [1.807, 2.05) is 19.1 Å². The third-order valence-corrected chi connectivity index (χ3v) is 5.95. The zero-order chi connectivity index (χ0) is 26.3. The van der Waals surface area contributed by atoms with Crippen LogP contribution in [0.4, 0.5) is 26.3 Å². The molecule has 0 N–H and O–H groups in total. The van der Waals surface area contributed by atoms with E-state index in [-0.39, 0.29) is 23.2 Å². The molecule has 0 fully saturated rings. The number of halogens is 6. The van der Waals surface area contributed by atoms with Crippen LogP contribution in [0.1, 0.15) is 37.0 Å². The Kier molecular flexibility index (Phi) is 6.68. The number of hydrogen-bond acceptors (Lipinski definition) is 5. The molecule has 0 radical (unpaired) electrons. The second-order valence-electron chi connectivity index (χ2n) is 8.39. The van der Waals surface area contributed by atoms with Gasteiger partial charge in [-0.2, -0.15) is 31.3 Å². The predicted molar refractivity (Wildman–Crippen MR) is 118 cm³/mol. The fourth-order valence-electron chi connectivity index (χ4n) is 4.03. The van der Waals surface area contributed by atoms with Crippen molar-refractivity contribution in [3.63, 3.8) is 0 Å². The minimum absolute atomic E-state index is 0.0594. The molecular weight excluding hydrogens is 490 g/mol. The van der Waals surface area contributed by atoms with E-state index < -0.39 is 29.8 Å². The fourth-order valence-corrected chi connectivity index (χ4v) is 4.03. The molecule has 0 spiro atoms. The van der Waals surface area contributed by atoms with Gasteiger partial charge in [0.2, 0.25) is 5.82 Å². The molecule has 1 heterocycles. The van der Waals surface area contributed by atoms with E-state index in [1.54, 1.807) is 12.1 Å². The first kappa shape index (κ1) is 25.5. The maximum absolute atomic E-state index is 13.6. The third kappa shape index (κ3) is 5.00. The number of fused-ring (bicyclic) bond motifs is 1. The van der Waals surface area contributed by atoms with E-state index >= 15 is 0 Å². The maximum atomic E-state index is 13.6. The summed E-state index contributed by atoms with van der Waals surface area (Å²) in [5.41, 5.74) is 0.912. The fraction of sp³-hybridized carbons (Fsp3) is 0.320. The number of ether oxygens (including phenoxy) is 1. The summed E-state index contributed by atoms with van der Waals surface area (Å²) < 4.78 is 89.1. The van der Waals surface area contributed by atoms with Gasteiger partial charge in [0.25, 0.3) is 5.89 Å². The topological polar surface area (TPSA) is 65.2 Å². The smallest absolute Gasteiger partial charge is 0.425 e. The van der Waals surface area contributed by atoms with Gasteiger partial charge in [-0.1, -0.05) is 36.4 Å². The number of rotatable bonds is 6. The minimum Gasteiger partial charge on any atom is -0.481 e. The zero-order valence-electron chi connectivity index (χ0n) is 19.1. The number of carbonyl (C=O) groups is 1. The van der Waals surface area contributed by atoms with Crippen LogP contribution in [-0.4, -0.2) is 28.7 Å². The van der Waals surface area contributed by atoms with E-state index in [4.69, 9.17) is 4.52 Å². The molecule has 1 aliphatic rings. The molecule has 2 aromatic carbocycles. The van der Waals surface area contributed by atoms with Gasteiger partial charge in [-0.25, -0.2) is 0 Å². The highest BCUT2D eigenvalue weighted by Crippen LogP contribution is 2.41. The molecule has 1 aromatic heterocycles. The standard InChI is InChI=1S/C25H20F6N2O3/c1-3-14-9-15-5-4-6-18(21(15)17(10-14)12-34)22-32-23(36-33-22)16-7-8-20(19(11-16)25(29,30)31)35-13(2)24(26,27)28/h4-8,10-14H,3,9H2,1-2H3. The lowest BCUT2D eigenvalue weighted by Crippen LogP contribution is -2.31. The number of benzene rings is 2. The molecule has 0 aliphatic heterocycles. The first-order valence-electron chi connectivity index (χ1n) is 11.0. The summed E-state index contributed by atoms with van der Waals surface area (Å²) in [4.78, 5) is 16.0. The van der Waals surface area contributed by atoms with Gasteiger partial charge in [0, 0.05) is 16.7 Å². The van der Waals surface area contributed by atoms with Crippen molar-refractivity contribution in [2.24, 2.45) is 5.92 Å². The van der Waals surface area contributed by atoms with E-state index in [1.165, 1.54) is 0 Å². The van der Waals surface area contributed by atoms with Crippen molar-refractivity contribution in [2.45, 2.75) is 45.1 Å². The molecule has 3 aromatic rings. The van der Waals surface area contributed by atoms with Crippen molar-refractivity contribution in [1.82, 2.24) is 10.1 Å². The van der Waals surface area contributed by atoms with E-state index in [9.17, 15) is 31.1 Å². The van der Waals surface area contributed by atoms with Crippen molar-refractivity contribution in [2.75, 3.05) is 0 Å². The van der Waals surface area contributed by atoms with Gasteiger partial charge in [-0.15, -0.1) is 0 Å². The van der Waals surface area contributed by atoms with Crippen LogP contribution >= 0.6 is 0 Å². The number of aromatic nitrogens is 2. The molecule has 1 aliphatic carbocycles. The number of carbonyl (C=O) groups excluding carboxylic acids is 1. The van der Waals surface area contributed by atoms with Gasteiger partial charge in [0.15, 0.2) is 6.10 Å². The largest absolute Gasteiger partial charge is 0.481 e. The second kappa shape index (κ2) is 9.44. The van der Waals surface area contributed by atoms with Gasteiger partial charge in [-0.05, 0) is 55.0 Å². The maximum Gasteiger partial charge on any atom is 0.425 e. The highest BCUT2D eigenvalue weighted by Gasteiger charge is 2.41. The summed E-state index contributed by atoms with van der Waals surface area (Å²) >= 11 is 0. The summed E-state index contributed by atoms with van der Waals surface area (Å²) in [6, 6.07) is 7.81. The Morgan fingerprint density at radius 3 is 2.56 bits per heavy atom. The van der Waals surface area contributed by atoms with Crippen molar-refractivity contribution in [3.05, 3.63) is 59.2 Å². The average molecular weight is 510 g/mol. The van der Waals surface area contributed by atoms with Gasteiger partial charge in [-0.3, -0.25) is 4.79 Å². The van der Waals surface area contributed by atoms with Crippen LogP contribution in [0.15, 0.2) is 47.0 Å². The lowest BCUT2D eigenvalue weighted by atomic mass is 9.81. The summed E-state index contributed by atoms with van der Waals surface area (Å²) in [5, 5.41) is 3.88. The Balaban J connectivity index is 1.73. The molecule has 36 heavy (non-hydrogen) atoms. The molecule has 0 saturated heterocycles. The molecule has 11 heteroatoms. The third-order valence-electron chi connectivity index (χ3n) is 5.95. The number of nitrogens with zero attached hydrogens (tertiary/aromatic N) is 2. The minimum atomic E-state index is -5.00. The van der Waals surface area contributed by atoms with Gasteiger partial charge in [0.05, 0.1) is 5.56 Å². The van der Waals surface area contributed by atoms with Gasteiger partial charge < -0.3 is 9.26 Å². The zero-order valence-corrected chi connectivity index (χ0v) is 19.1. The van der Waals surface area contributed by atoms with Crippen molar-refractivity contribution in [3.8, 4) is 28.6 Å². The molecule has 2 unspecified atom stereocenters. The van der Waals surface area contributed by atoms with Gasteiger partial charge >= 0.3 is 12.4 Å². The molecular formula is C25H20F6N2O3. The van der Waals surface area contributed by atoms with E-state index in [2.05, 4.69) is 14.9 Å². The van der Waals surface area contributed by atoms with E-state index in [0.717, 1.165) is 30.4 Å². The molecule has 2 atom stereocenters. The molecule has 4 rings (SSSR count). The Morgan fingerprint density at radius 1 is 1.17 bits per heavy atom. The summed E-state index contributed by atoms with van der Waals surface area (Å²) in [6.45, 7) is 2.63. The Bertz CT molecular complexity index is 1310. The van der Waals surface area contributed by atoms with Crippen molar-refractivity contribution < 1.29 is 40.4 Å². The number of aldehydes is 1. The van der Waals surface area contributed by atoms with Crippen LogP contribution in [0, 0.1) is 5.92 Å². The SMILES string of the molecule is CCC1C=C(C=O)c2c(cccc2-c2noc(-c3ccc(OC(C)C(F)(F)F)c(C(F)(F)F)c3)n2)C1. The summed E-state index contributed by atoms with van der Waals surface area (Å²) in [6.07, 6.45) is -8.14. The first-order valence-corrected chi connectivity index (χ1v) is 11.0. The highest BCUT2D eigenvalue weighted by molar-refractivity contribution is 6.10. The average Bonchev–Trinajstić information content (AvgIpc) is 3.32. The molecule has 0 amide bonds. The monoisotopic (exact) mass is 510 g/mol. The van der Waals surface area contributed by atoms with Crippen LogP contribution in [0.5, 0.6) is 5.75 Å². The van der Waals surface area contributed by atoms with Gasteiger partial charge in [0.1, 0.15) is 12.0 Å². The van der Waals surface area contributed by atoms with Crippen molar-refractivity contribution in [1.29, 1.82) is 0 Å². The molecule has 0 bridgehead atoms. The Hall–Kier alpha value is -3.63. The number of alkyl halides is 6. The quantitative estimate of drug-likeness (QED) is 0.266. The summed E-state index contributed by atoms with van der Waals surface area (Å²) in [7, 11) is 0. The molecule has 5 nitrogen and oxygen atoms in total. The lowest BCUT2D eigenvalue weighted by Gasteiger charge is -2.22. The first-order chi connectivity index (χ1) is 16.9. The van der Waals surface area contributed by atoms with Crippen LogP contribution in [0.2, 0.25) is 0 Å². The van der Waals surface area contributed by atoms with Crippen LogP contribution in [0.3, 0.4) is 0 Å². The molecule has 190 valence electrons. The summed E-state index contributed by atoms with van der Waals surface area (Å²) in [5.74, 6) is -0.999. The normalized spacial score (nSPS) is 16.8. The van der Waals surface area contributed by atoms with E-state index in [0.29, 0.717) is 36.1 Å². The van der Waals surface area contributed by atoms with Crippen LogP contribution in [0.25, 0.3) is 28.4 Å². The molecule has 0 saturated carbocycles. The van der Waals surface area contributed by atoms with Crippen molar-refractivity contribution >= 4 is 11.9 Å². The van der Waals surface area contributed by atoms with Crippen LogP contribution < -0.4 is 4.74 Å².